The lowest BCUT2D eigenvalue weighted by molar-refractivity contribution is 0.0527. The van der Waals surface area contributed by atoms with Crippen molar-refractivity contribution in [2.24, 2.45) is 7.05 Å². The van der Waals surface area contributed by atoms with E-state index < -0.39 is 5.97 Å². The van der Waals surface area contributed by atoms with E-state index in [0.29, 0.717) is 29.5 Å². The molecular formula is C12H15N5O2. The van der Waals surface area contributed by atoms with Crippen molar-refractivity contribution in [3.63, 3.8) is 0 Å². The minimum atomic E-state index is -0.437. The van der Waals surface area contributed by atoms with Crippen LogP contribution in [0.1, 0.15) is 17.3 Å². The molecule has 0 amide bonds. The van der Waals surface area contributed by atoms with Gasteiger partial charge in [-0.25, -0.2) is 9.78 Å². The number of aryl methyl sites for hydroxylation is 1. The van der Waals surface area contributed by atoms with Gasteiger partial charge in [0.15, 0.2) is 5.82 Å². The third-order valence-corrected chi connectivity index (χ3v) is 2.51. The first-order valence-corrected chi connectivity index (χ1v) is 5.80. The van der Waals surface area contributed by atoms with Crippen molar-refractivity contribution in [1.29, 1.82) is 0 Å². The van der Waals surface area contributed by atoms with Crippen molar-refractivity contribution in [2.75, 3.05) is 17.7 Å². The molecule has 0 aliphatic carbocycles. The van der Waals surface area contributed by atoms with Gasteiger partial charge in [-0.2, -0.15) is 5.10 Å². The maximum atomic E-state index is 11.8. The number of aromatic nitrogens is 3. The molecule has 0 saturated heterocycles. The van der Waals surface area contributed by atoms with Crippen LogP contribution in [-0.2, 0) is 11.8 Å². The molecule has 100 valence electrons. The number of pyridine rings is 1. The van der Waals surface area contributed by atoms with Crippen LogP contribution in [0.15, 0.2) is 24.5 Å². The molecule has 2 rings (SSSR count). The van der Waals surface area contributed by atoms with Gasteiger partial charge in [0.1, 0.15) is 11.4 Å². The number of ether oxygens (including phenoxy) is 1. The van der Waals surface area contributed by atoms with E-state index >= 15 is 0 Å². The Hall–Kier alpha value is -2.57. The van der Waals surface area contributed by atoms with E-state index in [1.165, 1.54) is 10.9 Å². The maximum Gasteiger partial charge on any atom is 0.343 e. The quantitative estimate of drug-likeness (QED) is 0.806. The van der Waals surface area contributed by atoms with E-state index in [4.69, 9.17) is 10.5 Å². The number of carbonyl (C=O) groups excluding carboxylic acids is 1. The number of nitrogens with two attached hydrogens (primary N) is 1. The minimum Gasteiger partial charge on any atom is -0.462 e. The molecule has 0 atom stereocenters. The molecule has 19 heavy (non-hydrogen) atoms. The second kappa shape index (κ2) is 5.38. The number of nitrogen functional groups attached to an aromatic ring is 1. The Bertz CT molecular complexity index is 594. The van der Waals surface area contributed by atoms with Gasteiger partial charge in [0.05, 0.1) is 18.5 Å². The van der Waals surface area contributed by atoms with Gasteiger partial charge in [-0.3, -0.25) is 4.68 Å². The average molecular weight is 261 g/mol. The Labute approximate surface area is 110 Å². The van der Waals surface area contributed by atoms with E-state index in [2.05, 4.69) is 15.4 Å². The molecule has 2 aromatic heterocycles. The van der Waals surface area contributed by atoms with Crippen LogP contribution in [0.2, 0.25) is 0 Å². The summed E-state index contributed by atoms with van der Waals surface area (Å²) in [5.41, 5.74) is 6.63. The lowest BCUT2D eigenvalue weighted by atomic mass is 10.3. The van der Waals surface area contributed by atoms with Gasteiger partial charge in [0.25, 0.3) is 0 Å². The predicted octanol–water partition coefficient (Wildman–Crippen LogP) is 1.32. The molecule has 0 radical (unpaired) electrons. The number of rotatable bonds is 4. The molecule has 2 aromatic rings. The zero-order valence-electron chi connectivity index (χ0n) is 10.8. The van der Waals surface area contributed by atoms with Crippen LogP contribution in [0.4, 0.5) is 17.3 Å². The Balaban J connectivity index is 2.32. The third-order valence-electron chi connectivity index (χ3n) is 2.51. The lowest BCUT2D eigenvalue weighted by Crippen LogP contribution is -2.09. The molecule has 0 aliphatic rings. The zero-order chi connectivity index (χ0) is 13.8. The summed E-state index contributed by atoms with van der Waals surface area (Å²) in [5.74, 6) is 0.521. The summed E-state index contributed by atoms with van der Waals surface area (Å²) in [6, 6.07) is 3.45. The highest BCUT2D eigenvalue weighted by atomic mass is 16.5. The zero-order valence-corrected chi connectivity index (χ0v) is 10.8. The van der Waals surface area contributed by atoms with Gasteiger partial charge in [-0.05, 0) is 19.1 Å². The van der Waals surface area contributed by atoms with Crippen LogP contribution < -0.4 is 11.1 Å². The summed E-state index contributed by atoms with van der Waals surface area (Å²) >= 11 is 0. The van der Waals surface area contributed by atoms with Crippen molar-refractivity contribution in [1.82, 2.24) is 14.8 Å². The summed E-state index contributed by atoms with van der Waals surface area (Å²) in [5, 5.41) is 7.02. The number of nitrogens with one attached hydrogen (secondary N) is 1. The van der Waals surface area contributed by atoms with E-state index in [9.17, 15) is 4.79 Å². The Morgan fingerprint density at radius 2 is 2.37 bits per heavy atom. The lowest BCUT2D eigenvalue weighted by Gasteiger charge is -2.10. The topological polar surface area (TPSA) is 95.1 Å². The van der Waals surface area contributed by atoms with E-state index in [1.54, 1.807) is 32.3 Å². The van der Waals surface area contributed by atoms with Crippen LogP contribution in [0, 0.1) is 0 Å². The number of carbonyl (C=O) groups is 1. The second-order valence-corrected chi connectivity index (χ2v) is 3.82. The fraction of sp³-hybridized carbons (Fsp3) is 0.250. The minimum absolute atomic E-state index is 0.304. The highest BCUT2D eigenvalue weighted by Crippen LogP contribution is 2.23. The summed E-state index contributed by atoms with van der Waals surface area (Å²) in [6.07, 6.45) is 3.05. The first-order valence-electron chi connectivity index (χ1n) is 5.80. The average Bonchev–Trinajstić information content (AvgIpc) is 2.74. The first kappa shape index (κ1) is 12.9. The molecule has 0 aromatic carbocycles. The monoisotopic (exact) mass is 261 g/mol. The SMILES string of the molecule is CCOC(=O)c1cnn(C)c1Nc1ncccc1N. The molecule has 3 N–H and O–H groups in total. The van der Waals surface area contributed by atoms with Gasteiger partial charge in [-0.1, -0.05) is 0 Å². The second-order valence-electron chi connectivity index (χ2n) is 3.82. The summed E-state index contributed by atoms with van der Waals surface area (Å²) in [6.45, 7) is 2.05. The third kappa shape index (κ3) is 2.65. The Morgan fingerprint density at radius 3 is 3.05 bits per heavy atom. The van der Waals surface area contributed by atoms with Gasteiger partial charge >= 0.3 is 5.97 Å². The molecule has 0 fully saturated rings. The number of nitrogens with zero attached hydrogens (tertiary/aromatic N) is 3. The number of anilines is 3. The van der Waals surface area contributed by atoms with E-state index in [0.717, 1.165) is 0 Å². The summed E-state index contributed by atoms with van der Waals surface area (Å²) < 4.78 is 6.49. The molecular weight excluding hydrogens is 246 g/mol. The molecule has 0 aliphatic heterocycles. The molecule has 0 unspecified atom stereocenters. The van der Waals surface area contributed by atoms with Gasteiger partial charge in [-0.15, -0.1) is 0 Å². The normalized spacial score (nSPS) is 10.2. The van der Waals surface area contributed by atoms with Gasteiger partial charge in [0.2, 0.25) is 0 Å². The maximum absolute atomic E-state index is 11.8. The highest BCUT2D eigenvalue weighted by Gasteiger charge is 2.18. The molecule has 2 heterocycles. The van der Waals surface area contributed by atoms with Crippen LogP contribution in [0.5, 0.6) is 0 Å². The highest BCUT2D eigenvalue weighted by molar-refractivity contribution is 5.95. The summed E-state index contributed by atoms with van der Waals surface area (Å²) in [7, 11) is 1.71. The standard InChI is InChI=1S/C12H15N5O2/c1-3-19-12(18)8-7-15-17(2)11(8)16-10-9(13)5-4-6-14-10/h4-7H,3,13H2,1-2H3,(H,14,16). The smallest absolute Gasteiger partial charge is 0.343 e. The largest absolute Gasteiger partial charge is 0.462 e. The fourth-order valence-corrected chi connectivity index (χ4v) is 1.58. The van der Waals surface area contributed by atoms with E-state index in [1.807, 2.05) is 0 Å². The van der Waals surface area contributed by atoms with Crippen LogP contribution >= 0.6 is 0 Å². The van der Waals surface area contributed by atoms with E-state index in [-0.39, 0.29) is 0 Å². The fourth-order valence-electron chi connectivity index (χ4n) is 1.58. The van der Waals surface area contributed by atoms with Crippen molar-refractivity contribution >= 4 is 23.3 Å². The van der Waals surface area contributed by atoms with Gasteiger partial charge in [0, 0.05) is 13.2 Å². The summed E-state index contributed by atoms with van der Waals surface area (Å²) in [4.78, 5) is 15.9. The van der Waals surface area contributed by atoms with Crippen LogP contribution in [-0.4, -0.2) is 27.3 Å². The number of hydrogen-bond donors (Lipinski definition) is 2. The molecule has 7 nitrogen and oxygen atoms in total. The van der Waals surface area contributed by atoms with Crippen molar-refractivity contribution in [3.8, 4) is 0 Å². The van der Waals surface area contributed by atoms with Crippen molar-refractivity contribution in [2.45, 2.75) is 6.92 Å². The number of hydrogen-bond acceptors (Lipinski definition) is 6. The molecule has 7 heteroatoms. The van der Waals surface area contributed by atoms with Crippen molar-refractivity contribution in [3.05, 3.63) is 30.1 Å². The Kier molecular flexibility index (Phi) is 3.65. The molecule has 0 bridgehead atoms. The first-order chi connectivity index (χ1) is 9.13. The van der Waals surface area contributed by atoms with Crippen LogP contribution in [0.3, 0.4) is 0 Å². The predicted molar refractivity (Wildman–Crippen MR) is 71.1 cm³/mol. The van der Waals surface area contributed by atoms with Crippen LogP contribution in [0.25, 0.3) is 0 Å². The number of esters is 1. The molecule has 0 spiro atoms. The molecule has 0 saturated carbocycles. The van der Waals surface area contributed by atoms with Crippen molar-refractivity contribution < 1.29 is 9.53 Å². The Morgan fingerprint density at radius 1 is 1.58 bits per heavy atom. The van der Waals surface area contributed by atoms with Gasteiger partial charge < -0.3 is 15.8 Å².